The molecule has 0 aromatic heterocycles. The predicted octanol–water partition coefficient (Wildman–Crippen LogP) is 2.80. The molecular weight excluding hydrogens is 380 g/mol. The van der Waals surface area contributed by atoms with Crippen LogP contribution in [0.2, 0.25) is 0 Å². The summed E-state index contributed by atoms with van der Waals surface area (Å²) in [7, 11) is -1.55. The Bertz CT molecular complexity index is 716. The van der Waals surface area contributed by atoms with Crippen molar-refractivity contribution in [3.63, 3.8) is 0 Å². The van der Waals surface area contributed by atoms with E-state index in [-0.39, 0.29) is 0 Å². The van der Waals surface area contributed by atoms with E-state index in [2.05, 4.69) is 10.8 Å². The lowest BCUT2D eigenvalue weighted by Gasteiger charge is -2.38. The Morgan fingerprint density at radius 3 is 2.48 bits per heavy atom. The first-order valence-corrected chi connectivity index (χ1v) is 11.4. The molecule has 1 aromatic rings. The summed E-state index contributed by atoms with van der Waals surface area (Å²) >= 11 is 1.88. The highest BCUT2D eigenvalue weighted by molar-refractivity contribution is 8.00. The lowest BCUT2D eigenvalue weighted by molar-refractivity contribution is -0.133. The number of amides is 1. The lowest BCUT2D eigenvalue weighted by Crippen LogP contribution is -2.55. The second-order valence-electron chi connectivity index (χ2n) is 7.18. The highest BCUT2D eigenvalue weighted by atomic mass is 32.2. The van der Waals surface area contributed by atoms with Gasteiger partial charge in [-0.25, -0.2) is 5.48 Å². The minimum atomic E-state index is -1.55. The van der Waals surface area contributed by atoms with Gasteiger partial charge in [0.25, 0.3) is 5.91 Å². The fourth-order valence-corrected chi connectivity index (χ4v) is 6.72. The molecule has 7 heteroatoms. The molecule has 1 aromatic carbocycles. The van der Waals surface area contributed by atoms with Gasteiger partial charge < -0.3 is 0 Å². The van der Waals surface area contributed by atoms with Crippen molar-refractivity contribution in [3.8, 4) is 12.3 Å². The smallest absolute Gasteiger partial charge is 0.262 e. The van der Waals surface area contributed by atoms with Crippen LogP contribution in [-0.4, -0.2) is 49.9 Å². The Balaban J connectivity index is 1.74. The number of nitrogens with one attached hydrogen (secondary N) is 1. The maximum atomic E-state index is 13.3. The summed E-state index contributed by atoms with van der Waals surface area (Å²) in [6.45, 7) is 1.68. The number of nitrogens with zero attached hydrogens (tertiary/aromatic N) is 1. The molecule has 0 bridgehead atoms. The predicted molar refractivity (Wildman–Crippen MR) is 108 cm³/mol. The van der Waals surface area contributed by atoms with Gasteiger partial charge in [0.05, 0.1) is 17.3 Å². The number of terminal acetylenes is 1. The van der Waals surface area contributed by atoms with E-state index in [9.17, 15) is 14.2 Å². The normalized spacial score (nSPS) is 21.5. The summed E-state index contributed by atoms with van der Waals surface area (Å²) in [6.07, 6.45) is 11.3. The molecule has 0 spiro atoms. The molecule has 1 atom stereocenters. The topological polar surface area (TPSA) is 69.6 Å². The van der Waals surface area contributed by atoms with E-state index in [1.54, 1.807) is 5.48 Å². The fourth-order valence-electron chi connectivity index (χ4n) is 3.87. The highest BCUT2D eigenvalue weighted by Crippen LogP contribution is 2.36. The van der Waals surface area contributed by atoms with E-state index in [0.29, 0.717) is 42.6 Å². The van der Waals surface area contributed by atoms with Gasteiger partial charge >= 0.3 is 0 Å². The van der Waals surface area contributed by atoms with E-state index in [0.717, 1.165) is 0 Å². The second kappa shape index (κ2) is 9.24. The number of hydrogen-bond donors (Lipinski definition) is 2. The summed E-state index contributed by atoms with van der Waals surface area (Å²) in [6, 6.07) is 7.70. The number of hydrogen-bond acceptors (Lipinski definition) is 5. The Morgan fingerprint density at radius 2 is 1.93 bits per heavy atom. The summed E-state index contributed by atoms with van der Waals surface area (Å²) in [5.74, 6) is 2.02. The number of benzene rings is 1. The summed E-state index contributed by atoms with van der Waals surface area (Å²) in [4.78, 5) is 16.3. The molecule has 1 aliphatic heterocycles. The maximum absolute atomic E-state index is 13.3. The number of likely N-dealkylation sites (tertiary alicyclic amines) is 1. The lowest BCUT2D eigenvalue weighted by atomic mass is 9.95. The van der Waals surface area contributed by atoms with Crippen LogP contribution in [0, 0.1) is 12.3 Å². The van der Waals surface area contributed by atoms with Gasteiger partial charge in [-0.05, 0) is 49.9 Å². The molecule has 2 N–H and O–H groups in total. The third-order valence-electron chi connectivity index (χ3n) is 5.49. The van der Waals surface area contributed by atoms with Crippen LogP contribution < -0.4 is 5.48 Å². The van der Waals surface area contributed by atoms with Crippen molar-refractivity contribution in [3.05, 3.63) is 24.3 Å². The number of carbonyl (C=O) groups excluding carboxylic acids is 1. The van der Waals surface area contributed by atoms with Crippen LogP contribution >= 0.6 is 11.8 Å². The molecule has 1 saturated heterocycles. The van der Waals surface area contributed by atoms with Crippen molar-refractivity contribution in [1.82, 2.24) is 10.4 Å². The van der Waals surface area contributed by atoms with Crippen LogP contribution in [0.25, 0.3) is 0 Å². The van der Waals surface area contributed by atoms with Crippen molar-refractivity contribution in [2.45, 2.75) is 58.3 Å². The molecule has 1 heterocycles. The van der Waals surface area contributed by atoms with Gasteiger partial charge in [0.1, 0.15) is 4.75 Å². The van der Waals surface area contributed by atoms with Gasteiger partial charge in [0.2, 0.25) is 0 Å². The number of rotatable bonds is 6. The highest BCUT2D eigenvalue weighted by Gasteiger charge is 2.47. The molecule has 146 valence electrons. The van der Waals surface area contributed by atoms with Crippen LogP contribution in [0.15, 0.2) is 34.1 Å². The Hall–Kier alpha value is -1.33. The fraction of sp³-hybridized carbons (Fsp3) is 0.550. The molecule has 2 aliphatic rings. The molecule has 0 radical (unpaired) electrons. The SMILES string of the molecule is C#CCN1CCC(C(=O)NO)(S(=O)c2ccc(SC3CCCC3)cc2)CC1. The van der Waals surface area contributed by atoms with Gasteiger partial charge in [0.15, 0.2) is 0 Å². The molecule has 1 unspecified atom stereocenters. The van der Waals surface area contributed by atoms with Crippen LogP contribution in [0.1, 0.15) is 38.5 Å². The third kappa shape index (κ3) is 4.57. The van der Waals surface area contributed by atoms with E-state index in [1.807, 2.05) is 36.0 Å². The average Bonchev–Trinajstić information content (AvgIpc) is 3.21. The van der Waals surface area contributed by atoms with E-state index < -0.39 is 21.5 Å². The average molecular weight is 407 g/mol. The third-order valence-corrected chi connectivity index (χ3v) is 8.84. The summed E-state index contributed by atoms with van der Waals surface area (Å²) in [5, 5.41) is 9.91. The van der Waals surface area contributed by atoms with Crippen molar-refractivity contribution in [2.75, 3.05) is 19.6 Å². The van der Waals surface area contributed by atoms with Crippen LogP contribution in [-0.2, 0) is 15.6 Å². The van der Waals surface area contributed by atoms with Crippen molar-refractivity contribution in [2.24, 2.45) is 0 Å². The molecule has 5 nitrogen and oxygen atoms in total. The van der Waals surface area contributed by atoms with Crippen molar-refractivity contribution >= 4 is 28.5 Å². The molecular formula is C20H26N2O3S2. The van der Waals surface area contributed by atoms with Crippen LogP contribution in [0.5, 0.6) is 0 Å². The van der Waals surface area contributed by atoms with Gasteiger partial charge in [-0.3, -0.25) is 19.1 Å². The van der Waals surface area contributed by atoms with E-state index >= 15 is 0 Å². The van der Waals surface area contributed by atoms with Crippen LogP contribution in [0.4, 0.5) is 0 Å². The van der Waals surface area contributed by atoms with Gasteiger partial charge in [-0.1, -0.05) is 18.8 Å². The Labute approximate surface area is 167 Å². The van der Waals surface area contributed by atoms with Gasteiger partial charge in [-0.15, -0.1) is 18.2 Å². The first-order chi connectivity index (χ1) is 13.1. The zero-order valence-electron chi connectivity index (χ0n) is 15.4. The minimum Gasteiger partial charge on any atom is -0.292 e. The molecule has 1 aliphatic carbocycles. The largest absolute Gasteiger partial charge is 0.292 e. The molecule has 27 heavy (non-hydrogen) atoms. The van der Waals surface area contributed by atoms with Crippen molar-refractivity contribution in [1.29, 1.82) is 0 Å². The Kier molecular flexibility index (Phi) is 6.99. The quantitative estimate of drug-likeness (QED) is 0.432. The summed E-state index contributed by atoms with van der Waals surface area (Å²) in [5.41, 5.74) is 1.74. The zero-order chi connectivity index (χ0) is 19.3. The standard InChI is InChI=1S/C20H26N2O3S2/c1-2-13-22-14-11-20(12-15-22,19(23)21-24)27(25)18-9-7-17(8-10-18)26-16-5-3-4-6-16/h1,7-10,16,24H,3-6,11-15H2,(H,21,23). The first-order valence-electron chi connectivity index (χ1n) is 9.38. The summed E-state index contributed by atoms with van der Waals surface area (Å²) < 4.78 is 12.2. The number of thioether (sulfide) groups is 1. The van der Waals surface area contributed by atoms with E-state index in [1.165, 1.54) is 30.6 Å². The number of hydroxylamine groups is 1. The van der Waals surface area contributed by atoms with Gasteiger partial charge in [-0.2, -0.15) is 0 Å². The van der Waals surface area contributed by atoms with Crippen molar-refractivity contribution < 1.29 is 14.2 Å². The zero-order valence-corrected chi connectivity index (χ0v) is 17.0. The Morgan fingerprint density at radius 1 is 1.30 bits per heavy atom. The maximum Gasteiger partial charge on any atom is 0.262 e. The molecule has 2 fully saturated rings. The first kappa shape index (κ1) is 20.4. The van der Waals surface area contributed by atoms with Gasteiger partial charge in [0, 0.05) is 28.1 Å². The minimum absolute atomic E-state index is 0.395. The monoisotopic (exact) mass is 406 g/mol. The number of piperidine rings is 1. The molecule has 1 saturated carbocycles. The second-order valence-corrected chi connectivity index (χ2v) is 10.3. The molecule has 1 amide bonds. The van der Waals surface area contributed by atoms with E-state index in [4.69, 9.17) is 6.42 Å². The van der Waals surface area contributed by atoms with Crippen LogP contribution in [0.3, 0.4) is 0 Å². The molecule has 3 rings (SSSR count). The number of carbonyl (C=O) groups is 1.